The van der Waals surface area contributed by atoms with Gasteiger partial charge in [-0.15, -0.1) is 0 Å². The molecule has 3 aromatic rings. The van der Waals surface area contributed by atoms with Crippen molar-refractivity contribution in [2.45, 2.75) is 45.5 Å². The molecule has 1 aliphatic rings. The van der Waals surface area contributed by atoms with Crippen molar-refractivity contribution in [2.75, 3.05) is 45.2 Å². The van der Waals surface area contributed by atoms with Crippen molar-refractivity contribution in [1.29, 1.82) is 0 Å². The largest absolute Gasteiger partial charge is 0.507 e. The fourth-order valence-electron chi connectivity index (χ4n) is 5.31. The highest BCUT2D eigenvalue weighted by Gasteiger charge is 2.39. The summed E-state index contributed by atoms with van der Waals surface area (Å²) in [6, 6.07) is 4.11. The number of halogens is 4. The van der Waals surface area contributed by atoms with Gasteiger partial charge in [0, 0.05) is 48.2 Å². The molecule has 0 spiro atoms. The Morgan fingerprint density at radius 3 is 2.52 bits per heavy atom. The van der Waals surface area contributed by atoms with E-state index >= 15 is 4.39 Å². The van der Waals surface area contributed by atoms with Gasteiger partial charge in [0.2, 0.25) is 5.91 Å². The summed E-state index contributed by atoms with van der Waals surface area (Å²) in [5, 5.41) is 10.4. The molecule has 1 aliphatic heterocycles. The van der Waals surface area contributed by atoms with Crippen LogP contribution in [-0.2, 0) is 11.0 Å². The Kier molecular flexibility index (Phi) is 8.95. The maximum Gasteiger partial charge on any atom is 0.417 e. The molecule has 0 bridgehead atoms. The molecule has 1 amide bonds. The van der Waals surface area contributed by atoms with Crippen molar-refractivity contribution in [2.24, 2.45) is 0 Å². The minimum absolute atomic E-state index is 0.0672. The molecule has 42 heavy (non-hydrogen) atoms. The van der Waals surface area contributed by atoms with E-state index in [1.165, 1.54) is 31.2 Å². The zero-order chi connectivity index (χ0) is 30.9. The van der Waals surface area contributed by atoms with Crippen LogP contribution >= 0.6 is 0 Å². The summed E-state index contributed by atoms with van der Waals surface area (Å²) >= 11 is 0. The lowest BCUT2D eigenvalue weighted by atomic mass is 9.92. The third-order valence-corrected chi connectivity index (χ3v) is 7.39. The zero-order valence-corrected chi connectivity index (χ0v) is 24.3. The number of anilines is 1. The number of carbonyl (C=O) groups excluding carboxylic acids is 1. The molecule has 2 heterocycles. The molecule has 1 N–H and O–H groups in total. The number of hydrogen-bond acceptors (Lipinski definition) is 7. The first-order chi connectivity index (χ1) is 19.7. The number of ether oxygens (including phenoxy) is 1. The minimum atomic E-state index is -4.97. The van der Waals surface area contributed by atoms with Gasteiger partial charge in [-0.25, -0.2) is 4.39 Å². The fourth-order valence-corrected chi connectivity index (χ4v) is 5.31. The lowest BCUT2D eigenvalue weighted by Crippen LogP contribution is -2.58. The quantitative estimate of drug-likeness (QED) is 0.214. The number of fused-ring (bicyclic) bond motifs is 1. The van der Waals surface area contributed by atoms with Crippen LogP contribution in [0, 0.1) is 12.7 Å². The fraction of sp³-hybridized carbons (Fsp3) is 0.433. The van der Waals surface area contributed by atoms with Crippen molar-refractivity contribution in [1.82, 2.24) is 19.8 Å². The zero-order valence-electron chi connectivity index (χ0n) is 24.3. The molecule has 0 unspecified atom stereocenters. The lowest BCUT2D eigenvalue weighted by Gasteiger charge is -2.44. The summed E-state index contributed by atoms with van der Waals surface area (Å²) in [6.45, 7) is 10.0. The lowest BCUT2D eigenvalue weighted by molar-refractivity contribution is -0.137. The summed E-state index contributed by atoms with van der Waals surface area (Å²) in [6.07, 6.45) is -3.14. The Hall–Kier alpha value is -3.93. The Balaban J connectivity index is 1.96. The maximum atomic E-state index is 16.5. The molecular weight excluding hydrogens is 554 g/mol. The van der Waals surface area contributed by atoms with E-state index in [9.17, 15) is 23.1 Å². The summed E-state index contributed by atoms with van der Waals surface area (Å²) < 4.78 is 65.9. The van der Waals surface area contributed by atoms with Crippen molar-refractivity contribution in [3.05, 3.63) is 53.9 Å². The molecule has 0 aliphatic carbocycles. The molecule has 4 rings (SSSR count). The highest BCUT2D eigenvalue weighted by molar-refractivity contribution is 5.96. The maximum absolute atomic E-state index is 16.5. The Labute approximate surface area is 242 Å². The Bertz CT molecular complexity index is 1470. The number of hydrogen-bond donors (Lipinski definition) is 1. The van der Waals surface area contributed by atoms with E-state index in [4.69, 9.17) is 4.74 Å². The number of amides is 1. The number of nitrogens with zero attached hydrogens (tertiary/aromatic N) is 5. The number of carbonyl (C=O) groups is 1. The van der Waals surface area contributed by atoms with Crippen LogP contribution in [0.1, 0.15) is 31.4 Å². The third kappa shape index (κ3) is 6.13. The van der Waals surface area contributed by atoms with E-state index in [1.807, 2.05) is 32.8 Å². The minimum Gasteiger partial charge on any atom is -0.507 e. The van der Waals surface area contributed by atoms with Gasteiger partial charge in [-0.1, -0.05) is 18.7 Å². The number of alkyl halides is 3. The van der Waals surface area contributed by atoms with Crippen molar-refractivity contribution in [3.63, 3.8) is 0 Å². The number of aromatic nitrogens is 2. The first-order valence-electron chi connectivity index (χ1n) is 13.6. The molecule has 1 aromatic heterocycles. The summed E-state index contributed by atoms with van der Waals surface area (Å²) in [5.74, 6) is -1.93. The molecule has 8 nitrogen and oxygen atoms in total. The second kappa shape index (κ2) is 12.1. The molecule has 0 saturated carbocycles. The number of piperazine rings is 1. The molecule has 0 radical (unpaired) electrons. The predicted octanol–water partition coefficient (Wildman–Crippen LogP) is 5.41. The summed E-state index contributed by atoms with van der Waals surface area (Å²) in [7, 11) is 3.81. The van der Waals surface area contributed by atoms with E-state index in [0.717, 1.165) is 6.07 Å². The number of rotatable bonds is 8. The van der Waals surface area contributed by atoms with Crippen molar-refractivity contribution < 1.29 is 32.2 Å². The highest BCUT2D eigenvalue weighted by Crippen LogP contribution is 2.46. The first kappa shape index (κ1) is 31.0. The number of benzene rings is 2. The number of aromatic hydroxyl groups is 1. The Morgan fingerprint density at radius 2 is 1.90 bits per heavy atom. The van der Waals surface area contributed by atoms with Crippen LogP contribution in [0.3, 0.4) is 0 Å². The van der Waals surface area contributed by atoms with E-state index < -0.39 is 28.9 Å². The molecule has 1 fully saturated rings. The van der Waals surface area contributed by atoms with Crippen LogP contribution in [0.5, 0.6) is 11.8 Å². The number of aryl methyl sites for hydroxylation is 1. The standard InChI is InChI=1S/C30H35F4N5O3/c1-7-23(41)38-15-19(4)39(16-18(38)3)28-20-14-21(30(32,33)34)25(24-17(2)10-8-11-22(24)40)26(31)27(20)35-29(36-28)42-13-9-12-37(5)6/h7-8,10-11,14,18-19,40H,1,9,12-13,15-16H2,2-6H3/t18-,19+/m1/s1. The van der Waals surface area contributed by atoms with Gasteiger partial charge < -0.3 is 24.5 Å². The smallest absolute Gasteiger partial charge is 0.417 e. The average molecular weight is 590 g/mol. The van der Waals surface area contributed by atoms with Crippen molar-refractivity contribution in [3.8, 4) is 22.9 Å². The second-order valence-electron chi connectivity index (χ2n) is 10.9. The number of phenolic OH excluding ortho intramolecular Hbond substituents is 1. The van der Waals surface area contributed by atoms with E-state index in [2.05, 4.69) is 16.5 Å². The monoisotopic (exact) mass is 589 g/mol. The van der Waals surface area contributed by atoms with E-state index in [1.54, 1.807) is 9.80 Å². The second-order valence-corrected chi connectivity index (χ2v) is 10.9. The van der Waals surface area contributed by atoms with Gasteiger partial charge in [-0.05, 0) is 65.1 Å². The van der Waals surface area contributed by atoms with Crippen LogP contribution in [0.15, 0.2) is 36.9 Å². The first-order valence-corrected chi connectivity index (χ1v) is 13.6. The van der Waals surface area contributed by atoms with Gasteiger partial charge in [-0.3, -0.25) is 4.79 Å². The van der Waals surface area contributed by atoms with Crippen LogP contribution in [0.4, 0.5) is 23.4 Å². The topological polar surface area (TPSA) is 82.0 Å². The third-order valence-electron chi connectivity index (χ3n) is 7.39. The van der Waals surface area contributed by atoms with Gasteiger partial charge in [0.15, 0.2) is 5.82 Å². The van der Waals surface area contributed by atoms with Crippen LogP contribution in [-0.4, -0.2) is 83.2 Å². The van der Waals surface area contributed by atoms with Gasteiger partial charge in [0.25, 0.3) is 0 Å². The highest BCUT2D eigenvalue weighted by atomic mass is 19.4. The van der Waals surface area contributed by atoms with Gasteiger partial charge in [0.1, 0.15) is 17.1 Å². The molecule has 2 atom stereocenters. The van der Waals surface area contributed by atoms with E-state index in [-0.39, 0.29) is 71.5 Å². The van der Waals surface area contributed by atoms with Gasteiger partial charge in [-0.2, -0.15) is 23.1 Å². The Morgan fingerprint density at radius 1 is 1.19 bits per heavy atom. The van der Waals surface area contributed by atoms with E-state index in [0.29, 0.717) is 13.0 Å². The van der Waals surface area contributed by atoms with Crippen molar-refractivity contribution >= 4 is 22.6 Å². The molecule has 226 valence electrons. The van der Waals surface area contributed by atoms with Gasteiger partial charge in [0.05, 0.1) is 12.2 Å². The molecule has 1 saturated heterocycles. The van der Waals surface area contributed by atoms with Gasteiger partial charge >= 0.3 is 12.2 Å². The normalized spacial score (nSPS) is 17.7. The molecule has 2 aromatic carbocycles. The summed E-state index contributed by atoms with van der Waals surface area (Å²) in [5.41, 5.74) is -2.42. The predicted molar refractivity (Wildman–Crippen MR) is 153 cm³/mol. The van der Waals surface area contributed by atoms with Crippen LogP contribution in [0.25, 0.3) is 22.0 Å². The summed E-state index contributed by atoms with van der Waals surface area (Å²) in [4.78, 5) is 26.5. The van der Waals surface area contributed by atoms with Crippen LogP contribution in [0.2, 0.25) is 0 Å². The van der Waals surface area contributed by atoms with Crippen LogP contribution < -0.4 is 9.64 Å². The molecular formula is C30H35F4N5O3. The SMILES string of the molecule is C=CC(=O)N1C[C@H](C)N(c2nc(OCCCN(C)C)nc3c(F)c(-c4c(C)cccc4O)c(C(F)(F)F)cc23)C[C@H]1C. The molecule has 12 heteroatoms. The average Bonchev–Trinajstić information content (AvgIpc) is 2.91. The number of phenols is 1.